The molecule has 11 heteroatoms. The zero-order valence-electron chi connectivity index (χ0n) is 22.4. The molecule has 0 aliphatic rings. The van der Waals surface area contributed by atoms with Gasteiger partial charge in [0.15, 0.2) is 0 Å². The van der Waals surface area contributed by atoms with Crippen LogP contribution in [-0.4, -0.2) is 35.8 Å². The lowest BCUT2D eigenvalue weighted by Gasteiger charge is -2.29. The quantitative estimate of drug-likeness (QED) is 0.215. The lowest BCUT2D eigenvalue weighted by atomic mass is 9.83. The SMILES string of the molecule is CCCC(c1ccc(C(=O)NCCC(=O)O)cc1)C(NC(=O)c1ccc(Cl)cc1C)c1ccc(OC(F)(F)F)cc1. The van der Waals surface area contributed by atoms with E-state index in [9.17, 15) is 27.6 Å². The molecule has 0 saturated heterocycles. The molecule has 3 rings (SSSR count). The topological polar surface area (TPSA) is 105 Å². The van der Waals surface area contributed by atoms with Crippen molar-refractivity contribution in [1.82, 2.24) is 10.6 Å². The van der Waals surface area contributed by atoms with E-state index in [1.165, 1.54) is 24.3 Å². The number of hydrogen-bond acceptors (Lipinski definition) is 4. The predicted molar refractivity (Wildman–Crippen MR) is 148 cm³/mol. The molecule has 0 saturated carbocycles. The zero-order chi connectivity index (χ0) is 30.2. The van der Waals surface area contributed by atoms with E-state index >= 15 is 0 Å². The van der Waals surface area contributed by atoms with Gasteiger partial charge in [-0.2, -0.15) is 0 Å². The number of rotatable bonds is 12. The zero-order valence-corrected chi connectivity index (χ0v) is 23.2. The van der Waals surface area contributed by atoms with Gasteiger partial charge in [-0.05, 0) is 72.5 Å². The van der Waals surface area contributed by atoms with Crippen LogP contribution in [-0.2, 0) is 4.79 Å². The maximum atomic E-state index is 13.4. The first-order valence-corrected chi connectivity index (χ1v) is 13.3. The van der Waals surface area contributed by atoms with Crippen LogP contribution in [0.2, 0.25) is 5.02 Å². The van der Waals surface area contributed by atoms with Crippen molar-refractivity contribution in [2.75, 3.05) is 6.54 Å². The molecular weight excluding hydrogens is 561 g/mol. The Labute approximate surface area is 240 Å². The number of halogens is 4. The number of aliphatic carboxylic acids is 1. The molecule has 2 amide bonds. The fraction of sp³-hybridized carbons (Fsp3) is 0.300. The molecule has 3 N–H and O–H groups in total. The fourth-order valence-corrected chi connectivity index (χ4v) is 4.72. The van der Waals surface area contributed by atoms with Gasteiger partial charge in [-0.15, -0.1) is 13.2 Å². The van der Waals surface area contributed by atoms with Gasteiger partial charge in [-0.1, -0.05) is 49.2 Å². The van der Waals surface area contributed by atoms with E-state index in [2.05, 4.69) is 15.4 Å². The Bertz CT molecular complexity index is 1360. The summed E-state index contributed by atoms with van der Waals surface area (Å²) in [4.78, 5) is 36.6. The second-order valence-corrected chi connectivity index (χ2v) is 9.88. The Morgan fingerprint density at radius 3 is 2.15 bits per heavy atom. The summed E-state index contributed by atoms with van der Waals surface area (Å²) in [6.07, 6.45) is -3.71. The first kappa shape index (κ1) is 31.5. The second kappa shape index (κ2) is 14.0. The molecule has 2 unspecified atom stereocenters. The normalized spacial score (nSPS) is 12.7. The summed E-state index contributed by atoms with van der Waals surface area (Å²) in [5.74, 6) is -2.52. The maximum absolute atomic E-state index is 13.4. The minimum absolute atomic E-state index is 0.0132. The third-order valence-electron chi connectivity index (χ3n) is 6.42. The van der Waals surface area contributed by atoms with Crippen molar-refractivity contribution in [2.45, 2.75) is 51.4 Å². The summed E-state index contributed by atoms with van der Waals surface area (Å²) in [5.41, 5.74) is 2.75. The molecule has 0 aliphatic carbocycles. The van der Waals surface area contributed by atoms with Crippen LogP contribution in [0.25, 0.3) is 0 Å². The van der Waals surface area contributed by atoms with Crippen molar-refractivity contribution in [3.63, 3.8) is 0 Å². The van der Waals surface area contributed by atoms with E-state index < -0.39 is 24.3 Å². The number of carbonyl (C=O) groups is 3. The van der Waals surface area contributed by atoms with E-state index in [1.54, 1.807) is 49.4 Å². The minimum atomic E-state index is -4.84. The van der Waals surface area contributed by atoms with Crippen molar-refractivity contribution in [3.8, 4) is 5.75 Å². The molecule has 7 nitrogen and oxygen atoms in total. The lowest BCUT2D eigenvalue weighted by molar-refractivity contribution is -0.274. The predicted octanol–water partition coefficient (Wildman–Crippen LogP) is 6.81. The first-order valence-electron chi connectivity index (χ1n) is 12.9. The van der Waals surface area contributed by atoms with Crippen LogP contribution in [0.3, 0.4) is 0 Å². The van der Waals surface area contributed by atoms with E-state index in [0.29, 0.717) is 33.7 Å². The monoisotopic (exact) mass is 590 g/mol. The van der Waals surface area contributed by atoms with E-state index in [4.69, 9.17) is 16.7 Å². The van der Waals surface area contributed by atoms with Gasteiger partial charge in [0.1, 0.15) is 5.75 Å². The van der Waals surface area contributed by atoms with Crippen LogP contribution < -0.4 is 15.4 Å². The Morgan fingerprint density at radius 2 is 1.59 bits per heavy atom. The van der Waals surface area contributed by atoms with Gasteiger partial charge in [-0.25, -0.2) is 0 Å². The van der Waals surface area contributed by atoms with Gasteiger partial charge in [0, 0.05) is 28.6 Å². The molecule has 41 heavy (non-hydrogen) atoms. The van der Waals surface area contributed by atoms with Crippen LogP contribution >= 0.6 is 11.6 Å². The van der Waals surface area contributed by atoms with Gasteiger partial charge in [0.2, 0.25) is 0 Å². The number of alkyl halides is 3. The van der Waals surface area contributed by atoms with Crippen molar-refractivity contribution in [2.24, 2.45) is 0 Å². The van der Waals surface area contributed by atoms with Gasteiger partial charge in [0.05, 0.1) is 12.5 Å². The van der Waals surface area contributed by atoms with E-state index in [-0.39, 0.29) is 30.5 Å². The highest BCUT2D eigenvalue weighted by Crippen LogP contribution is 2.36. The maximum Gasteiger partial charge on any atom is 0.573 e. The Kier molecular flexibility index (Phi) is 10.8. The largest absolute Gasteiger partial charge is 0.573 e. The van der Waals surface area contributed by atoms with Crippen molar-refractivity contribution in [3.05, 3.63) is 99.6 Å². The number of benzene rings is 3. The van der Waals surface area contributed by atoms with Gasteiger partial charge in [0.25, 0.3) is 11.8 Å². The Hall–Kier alpha value is -4.05. The van der Waals surface area contributed by atoms with Crippen molar-refractivity contribution < 1.29 is 37.4 Å². The lowest BCUT2D eigenvalue weighted by Crippen LogP contribution is -2.33. The average molecular weight is 591 g/mol. The molecule has 3 aromatic carbocycles. The van der Waals surface area contributed by atoms with Gasteiger partial charge in [-0.3, -0.25) is 14.4 Å². The molecule has 2 atom stereocenters. The molecule has 0 bridgehead atoms. The summed E-state index contributed by atoms with van der Waals surface area (Å²) in [7, 11) is 0. The Balaban J connectivity index is 1.95. The minimum Gasteiger partial charge on any atom is -0.481 e. The highest BCUT2D eigenvalue weighted by Gasteiger charge is 2.32. The third kappa shape index (κ3) is 9.24. The molecule has 3 aromatic rings. The summed E-state index contributed by atoms with van der Waals surface area (Å²) in [6, 6.07) is 16.3. The fourth-order valence-electron chi connectivity index (χ4n) is 4.50. The number of carboxylic acid groups (broad SMARTS) is 1. The summed E-state index contributed by atoms with van der Waals surface area (Å²) >= 11 is 6.05. The molecule has 0 aromatic heterocycles. The highest BCUT2D eigenvalue weighted by atomic mass is 35.5. The standard InChI is InChI=1S/C30H30ClF3N2O5/c1-3-4-25(19-5-7-21(8-6-19)28(39)35-16-15-26(37)38)27(20-9-12-23(13-10-20)41-30(32,33)34)36-29(40)24-14-11-22(31)17-18(24)2/h5-14,17,25,27H,3-4,15-16H2,1-2H3,(H,35,39)(H,36,40)(H,37,38). The summed E-state index contributed by atoms with van der Waals surface area (Å²) in [6.45, 7) is 3.71. The average Bonchev–Trinajstić information content (AvgIpc) is 2.90. The molecular formula is C30H30ClF3N2O5. The molecule has 0 heterocycles. The van der Waals surface area contributed by atoms with E-state index in [0.717, 1.165) is 12.0 Å². The van der Waals surface area contributed by atoms with Crippen LogP contribution in [0.4, 0.5) is 13.2 Å². The number of ether oxygens (including phenoxy) is 1. The molecule has 0 aliphatic heterocycles. The summed E-state index contributed by atoms with van der Waals surface area (Å²) in [5, 5.41) is 14.9. The van der Waals surface area contributed by atoms with Gasteiger partial charge >= 0.3 is 12.3 Å². The molecule has 0 spiro atoms. The number of hydrogen-bond donors (Lipinski definition) is 3. The smallest absolute Gasteiger partial charge is 0.481 e. The van der Waals surface area contributed by atoms with Crippen LogP contribution in [0.1, 0.15) is 75.6 Å². The number of carbonyl (C=O) groups excluding carboxylic acids is 2. The third-order valence-corrected chi connectivity index (χ3v) is 6.66. The first-order chi connectivity index (χ1) is 19.4. The van der Waals surface area contributed by atoms with Crippen molar-refractivity contribution in [1.29, 1.82) is 0 Å². The van der Waals surface area contributed by atoms with Crippen molar-refractivity contribution >= 4 is 29.4 Å². The second-order valence-electron chi connectivity index (χ2n) is 9.44. The number of nitrogens with one attached hydrogen (secondary N) is 2. The molecule has 0 radical (unpaired) electrons. The van der Waals surface area contributed by atoms with Crippen LogP contribution in [0.5, 0.6) is 5.75 Å². The van der Waals surface area contributed by atoms with E-state index in [1.807, 2.05) is 6.92 Å². The number of carboxylic acids is 1. The molecule has 218 valence electrons. The van der Waals surface area contributed by atoms with Crippen LogP contribution in [0, 0.1) is 6.92 Å². The Morgan fingerprint density at radius 1 is 0.951 bits per heavy atom. The van der Waals surface area contributed by atoms with Gasteiger partial charge < -0.3 is 20.5 Å². The number of aryl methyl sites for hydroxylation is 1. The highest BCUT2D eigenvalue weighted by molar-refractivity contribution is 6.30. The van der Waals surface area contributed by atoms with Crippen LogP contribution in [0.15, 0.2) is 66.7 Å². The summed E-state index contributed by atoms with van der Waals surface area (Å²) < 4.78 is 42.2. The molecule has 0 fully saturated rings. The number of amides is 2.